The number of nitrogens with zero attached hydrogens (tertiary/aromatic N) is 3. The molecule has 2 aromatic rings. The third-order valence-electron chi connectivity index (χ3n) is 3.82. The van der Waals surface area contributed by atoms with E-state index >= 15 is 0 Å². The van der Waals surface area contributed by atoms with Crippen LogP contribution in [0.15, 0.2) is 42.7 Å². The van der Waals surface area contributed by atoms with E-state index in [1.54, 1.807) is 0 Å². The predicted octanol–water partition coefficient (Wildman–Crippen LogP) is 1.84. The molecule has 1 N–H and O–H groups in total. The Morgan fingerprint density at radius 2 is 2.00 bits per heavy atom. The Labute approximate surface area is 130 Å². The zero-order valence-electron chi connectivity index (χ0n) is 12.3. The van der Waals surface area contributed by atoms with Gasteiger partial charge in [-0.15, -0.1) is 0 Å². The second kappa shape index (κ2) is 5.92. The molecule has 2 heterocycles. The van der Waals surface area contributed by atoms with Gasteiger partial charge in [-0.05, 0) is 18.6 Å². The summed E-state index contributed by atoms with van der Waals surface area (Å²) in [6.07, 6.45) is 2.13. The van der Waals surface area contributed by atoms with Crippen molar-refractivity contribution >= 4 is 27.2 Å². The Morgan fingerprint density at radius 3 is 2.68 bits per heavy atom. The lowest BCUT2D eigenvalue weighted by atomic mass is 10.2. The zero-order valence-corrected chi connectivity index (χ0v) is 13.1. The summed E-state index contributed by atoms with van der Waals surface area (Å²) in [5.74, 6) is 1.84. The van der Waals surface area contributed by atoms with Crippen LogP contribution < -0.4 is 10.2 Å². The van der Waals surface area contributed by atoms with Crippen LogP contribution in [-0.2, 0) is 9.84 Å². The lowest BCUT2D eigenvalue weighted by Crippen LogP contribution is -2.33. The predicted molar refractivity (Wildman–Crippen MR) is 87.2 cm³/mol. The molecule has 1 fully saturated rings. The van der Waals surface area contributed by atoms with Crippen molar-refractivity contribution < 1.29 is 8.42 Å². The van der Waals surface area contributed by atoms with Gasteiger partial charge in [0.05, 0.1) is 11.5 Å². The number of rotatable bonds is 4. The van der Waals surface area contributed by atoms with Crippen LogP contribution in [0.3, 0.4) is 0 Å². The van der Waals surface area contributed by atoms with E-state index in [1.807, 2.05) is 48.3 Å². The second-order valence-electron chi connectivity index (χ2n) is 5.42. The van der Waals surface area contributed by atoms with E-state index < -0.39 is 9.84 Å². The Balaban J connectivity index is 1.76. The number of aromatic nitrogens is 2. The molecule has 0 spiro atoms. The standard InChI is InChI=1S/C15H18N4O2S/c1-19(13-7-8-22(20,21)10-13)15-9-14(16-11-17-15)18-12-5-3-2-4-6-12/h2-6,9,11,13H,7-8,10H2,1H3,(H,16,17,18). The van der Waals surface area contributed by atoms with Crippen LogP contribution >= 0.6 is 0 Å². The number of sulfone groups is 1. The molecule has 1 aromatic carbocycles. The third-order valence-corrected chi connectivity index (χ3v) is 5.57. The molecule has 0 saturated carbocycles. The fraction of sp³-hybridized carbons (Fsp3) is 0.333. The van der Waals surface area contributed by atoms with E-state index in [2.05, 4.69) is 15.3 Å². The Bertz CT molecular complexity index is 749. The molecule has 1 aliphatic rings. The zero-order chi connectivity index (χ0) is 15.6. The maximum atomic E-state index is 11.6. The molecule has 0 aliphatic carbocycles. The first kappa shape index (κ1) is 14.8. The van der Waals surface area contributed by atoms with E-state index in [-0.39, 0.29) is 17.5 Å². The van der Waals surface area contributed by atoms with E-state index in [0.29, 0.717) is 12.2 Å². The van der Waals surface area contributed by atoms with Crippen molar-refractivity contribution in [3.8, 4) is 0 Å². The highest BCUT2D eigenvalue weighted by Gasteiger charge is 2.31. The molecule has 7 heteroatoms. The van der Waals surface area contributed by atoms with Crippen molar-refractivity contribution in [3.63, 3.8) is 0 Å². The van der Waals surface area contributed by atoms with Crippen molar-refractivity contribution in [3.05, 3.63) is 42.7 Å². The fourth-order valence-electron chi connectivity index (χ4n) is 2.55. The highest BCUT2D eigenvalue weighted by molar-refractivity contribution is 7.91. The summed E-state index contributed by atoms with van der Waals surface area (Å²) < 4.78 is 23.2. The van der Waals surface area contributed by atoms with Gasteiger partial charge in [-0.3, -0.25) is 0 Å². The van der Waals surface area contributed by atoms with Crippen LogP contribution in [0.4, 0.5) is 17.3 Å². The molecular weight excluding hydrogens is 300 g/mol. The molecule has 116 valence electrons. The Morgan fingerprint density at radius 1 is 1.23 bits per heavy atom. The highest BCUT2D eigenvalue weighted by Crippen LogP contribution is 2.23. The monoisotopic (exact) mass is 318 g/mol. The van der Waals surface area contributed by atoms with Gasteiger partial charge in [-0.2, -0.15) is 0 Å². The lowest BCUT2D eigenvalue weighted by molar-refractivity contribution is 0.600. The minimum atomic E-state index is -2.91. The van der Waals surface area contributed by atoms with E-state index in [9.17, 15) is 8.42 Å². The van der Waals surface area contributed by atoms with Crippen molar-refractivity contribution in [2.45, 2.75) is 12.5 Å². The van der Waals surface area contributed by atoms with Gasteiger partial charge >= 0.3 is 0 Å². The third kappa shape index (κ3) is 3.36. The van der Waals surface area contributed by atoms with Crippen LogP contribution in [0, 0.1) is 0 Å². The van der Waals surface area contributed by atoms with E-state index in [0.717, 1.165) is 11.5 Å². The molecule has 1 aromatic heterocycles. The van der Waals surface area contributed by atoms with Gasteiger partial charge in [0.1, 0.15) is 18.0 Å². The second-order valence-corrected chi connectivity index (χ2v) is 7.65. The maximum Gasteiger partial charge on any atom is 0.152 e. The van der Waals surface area contributed by atoms with Gasteiger partial charge < -0.3 is 10.2 Å². The Hall–Kier alpha value is -2.15. The Kier molecular flexibility index (Phi) is 3.98. The minimum Gasteiger partial charge on any atom is -0.355 e. The molecule has 0 bridgehead atoms. The first-order chi connectivity index (χ1) is 10.5. The van der Waals surface area contributed by atoms with Gasteiger partial charge in [0.2, 0.25) is 0 Å². The quantitative estimate of drug-likeness (QED) is 0.927. The average molecular weight is 318 g/mol. The van der Waals surface area contributed by atoms with Gasteiger partial charge in [0.25, 0.3) is 0 Å². The first-order valence-electron chi connectivity index (χ1n) is 7.11. The minimum absolute atomic E-state index is 0.0236. The summed E-state index contributed by atoms with van der Waals surface area (Å²) >= 11 is 0. The molecule has 0 amide bonds. The molecule has 1 unspecified atom stereocenters. The fourth-order valence-corrected chi connectivity index (χ4v) is 4.32. The number of anilines is 3. The van der Waals surface area contributed by atoms with Crippen molar-refractivity contribution in [2.75, 3.05) is 28.8 Å². The molecule has 3 rings (SSSR count). The largest absolute Gasteiger partial charge is 0.355 e. The molecule has 0 radical (unpaired) electrons. The van der Waals surface area contributed by atoms with Crippen LogP contribution in [-0.4, -0.2) is 43.0 Å². The summed E-state index contributed by atoms with van der Waals surface area (Å²) in [5, 5.41) is 3.21. The summed E-state index contributed by atoms with van der Waals surface area (Å²) in [4.78, 5) is 10.4. The van der Waals surface area contributed by atoms with Crippen LogP contribution in [0.25, 0.3) is 0 Å². The van der Waals surface area contributed by atoms with Crippen molar-refractivity contribution in [2.24, 2.45) is 0 Å². The summed E-state index contributed by atoms with van der Waals surface area (Å²) in [6, 6.07) is 11.6. The number of hydrogen-bond donors (Lipinski definition) is 1. The smallest absolute Gasteiger partial charge is 0.152 e. The molecule has 1 aliphatic heterocycles. The normalized spacial score (nSPS) is 19.8. The van der Waals surface area contributed by atoms with Gasteiger partial charge in [0, 0.05) is 24.8 Å². The molecule has 1 atom stereocenters. The topological polar surface area (TPSA) is 75.2 Å². The SMILES string of the molecule is CN(c1cc(Nc2ccccc2)ncn1)C1CCS(=O)(=O)C1. The molecule has 22 heavy (non-hydrogen) atoms. The molecule has 6 nitrogen and oxygen atoms in total. The summed E-state index contributed by atoms with van der Waals surface area (Å²) in [6.45, 7) is 0. The number of para-hydroxylation sites is 1. The number of benzene rings is 1. The van der Waals surface area contributed by atoms with Gasteiger partial charge in [0.15, 0.2) is 9.84 Å². The van der Waals surface area contributed by atoms with Crippen LogP contribution in [0.2, 0.25) is 0 Å². The molecular formula is C15H18N4O2S. The van der Waals surface area contributed by atoms with Crippen molar-refractivity contribution in [1.82, 2.24) is 9.97 Å². The van der Waals surface area contributed by atoms with Gasteiger partial charge in [-0.1, -0.05) is 18.2 Å². The average Bonchev–Trinajstić information content (AvgIpc) is 2.88. The van der Waals surface area contributed by atoms with Gasteiger partial charge in [-0.25, -0.2) is 18.4 Å². The summed E-state index contributed by atoms with van der Waals surface area (Å²) in [5.41, 5.74) is 0.943. The highest BCUT2D eigenvalue weighted by atomic mass is 32.2. The van der Waals surface area contributed by atoms with E-state index in [1.165, 1.54) is 6.33 Å². The molecule has 1 saturated heterocycles. The van der Waals surface area contributed by atoms with E-state index in [4.69, 9.17) is 0 Å². The number of nitrogens with one attached hydrogen (secondary N) is 1. The van der Waals surface area contributed by atoms with Crippen molar-refractivity contribution in [1.29, 1.82) is 0 Å². The number of hydrogen-bond acceptors (Lipinski definition) is 6. The van der Waals surface area contributed by atoms with Crippen LogP contribution in [0.1, 0.15) is 6.42 Å². The summed E-state index contributed by atoms with van der Waals surface area (Å²) in [7, 11) is -1.03. The maximum absolute atomic E-state index is 11.6. The first-order valence-corrected chi connectivity index (χ1v) is 8.93. The van der Waals surface area contributed by atoms with Crippen LogP contribution in [0.5, 0.6) is 0 Å². The lowest BCUT2D eigenvalue weighted by Gasteiger charge is -2.24.